The van der Waals surface area contributed by atoms with Crippen molar-refractivity contribution < 1.29 is 9.90 Å². The topological polar surface area (TPSA) is 108 Å². The Morgan fingerprint density at radius 2 is 2.14 bits per heavy atom. The molecular formula is C15H19N5O2. The molecule has 7 heteroatoms. The number of nitrogens with one attached hydrogen (secondary N) is 1. The van der Waals surface area contributed by atoms with E-state index in [2.05, 4.69) is 19.9 Å². The number of piperidine rings is 1. The van der Waals surface area contributed by atoms with Crippen molar-refractivity contribution in [2.75, 3.05) is 18.0 Å². The van der Waals surface area contributed by atoms with Crippen LogP contribution in [0.15, 0.2) is 30.7 Å². The molecule has 22 heavy (non-hydrogen) atoms. The van der Waals surface area contributed by atoms with Crippen LogP contribution in [0, 0.1) is 5.92 Å². The summed E-state index contributed by atoms with van der Waals surface area (Å²) in [4.78, 5) is 24.4. The van der Waals surface area contributed by atoms with Crippen molar-refractivity contribution in [3.05, 3.63) is 42.2 Å². The molecule has 4 N–H and O–H groups in total. The number of aromatic amines is 1. The Hall–Kier alpha value is -2.41. The first kappa shape index (κ1) is 14.5. The van der Waals surface area contributed by atoms with Gasteiger partial charge >= 0.3 is 0 Å². The highest BCUT2D eigenvalue weighted by molar-refractivity contribution is 5.91. The minimum Gasteiger partial charge on any atom is -0.385 e. The fourth-order valence-corrected chi connectivity index (χ4v) is 2.89. The predicted octanol–water partition coefficient (Wildman–Crippen LogP) is 0.854. The number of aromatic nitrogens is 3. The number of primary amides is 1. The smallest absolute Gasteiger partial charge is 0.267 e. The van der Waals surface area contributed by atoms with Crippen LogP contribution in [0.25, 0.3) is 0 Å². The highest BCUT2D eigenvalue weighted by Gasteiger charge is 2.27. The summed E-state index contributed by atoms with van der Waals surface area (Å²) in [7, 11) is 0. The molecule has 2 aromatic heterocycles. The molecule has 1 aliphatic rings. The number of imidazole rings is 1. The second kappa shape index (κ2) is 6.15. The molecule has 3 heterocycles. The van der Waals surface area contributed by atoms with Crippen molar-refractivity contribution in [2.24, 2.45) is 11.7 Å². The SMILES string of the molecule is NC(=O)c1cc(N2CCC(C(O)c3ncc[nH]3)CC2)ccn1. The molecule has 1 saturated heterocycles. The number of aliphatic hydroxyl groups excluding tert-OH is 1. The van der Waals surface area contributed by atoms with Crippen LogP contribution in [-0.2, 0) is 0 Å². The number of pyridine rings is 1. The molecule has 116 valence electrons. The highest BCUT2D eigenvalue weighted by atomic mass is 16.3. The van der Waals surface area contributed by atoms with Crippen molar-refractivity contribution >= 4 is 11.6 Å². The van der Waals surface area contributed by atoms with Crippen LogP contribution in [-0.4, -0.2) is 39.1 Å². The van der Waals surface area contributed by atoms with Gasteiger partial charge in [-0.15, -0.1) is 0 Å². The van der Waals surface area contributed by atoms with Crippen molar-refractivity contribution in [3.63, 3.8) is 0 Å². The Morgan fingerprint density at radius 1 is 1.36 bits per heavy atom. The third-order valence-corrected chi connectivity index (χ3v) is 4.15. The lowest BCUT2D eigenvalue weighted by atomic mass is 9.90. The predicted molar refractivity (Wildman–Crippen MR) is 81.2 cm³/mol. The van der Waals surface area contributed by atoms with Gasteiger partial charge in [-0.05, 0) is 30.9 Å². The molecule has 0 aliphatic carbocycles. The van der Waals surface area contributed by atoms with Crippen LogP contribution in [0.5, 0.6) is 0 Å². The summed E-state index contributed by atoms with van der Waals surface area (Å²) in [5, 5.41) is 10.3. The Morgan fingerprint density at radius 3 is 2.77 bits per heavy atom. The molecular weight excluding hydrogens is 282 g/mol. The molecule has 0 bridgehead atoms. The van der Waals surface area contributed by atoms with Gasteiger partial charge in [0.05, 0.1) is 0 Å². The average molecular weight is 301 g/mol. The molecule has 0 spiro atoms. The van der Waals surface area contributed by atoms with E-state index in [-0.39, 0.29) is 11.6 Å². The summed E-state index contributed by atoms with van der Waals surface area (Å²) < 4.78 is 0. The molecule has 0 radical (unpaired) electrons. The van der Waals surface area contributed by atoms with E-state index in [4.69, 9.17) is 5.73 Å². The normalized spacial score (nSPS) is 17.4. The van der Waals surface area contributed by atoms with Gasteiger partial charge in [0, 0.05) is 37.4 Å². The van der Waals surface area contributed by atoms with Gasteiger partial charge in [-0.25, -0.2) is 4.98 Å². The second-order valence-corrected chi connectivity index (χ2v) is 5.51. The van der Waals surface area contributed by atoms with Crippen molar-refractivity contribution in [3.8, 4) is 0 Å². The van der Waals surface area contributed by atoms with Crippen LogP contribution >= 0.6 is 0 Å². The van der Waals surface area contributed by atoms with E-state index in [1.165, 1.54) is 0 Å². The highest BCUT2D eigenvalue weighted by Crippen LogP contribution is 2.31. The molecule has 1 unspecified atom stereocenters. The molecule has 1 amide bonds. The maximum atomic E-state index is 11.2. The molecule has 1 fully saturated rings. The number of nitrogens with zero attached hydrogens (tertiary/aromatic N) is 3. The van der Waals surface area contributed by atoms with Gasteiger partial charge in [0.2, 0.25) is 0 Å². The number of H-pyrrole nitrogens is 1. The largest absolute Gasteiger partial charge is 0.385 e. The number of carbonyl (C=O) groups is 1. The lowest BCUT2D eigenvalue weighted by molar-refractivity contribution is 0.0857. The zero-order chi connectivity index (χ0) is 15.5. The number of amides is 1. The van der Waals surface area contributed by atoms with Gasteiger partial charge in [-0.1, -0.05) is 0 Å². The molecule has 3 rings (SSSR count). The summed E-state index contributed by atoms with van der Waals surface area (Å²) in [6, 6.07) is 3.58. The van der Waals surface area contributed by atoms with Crippen LogP contribution in [0.2, 0.25) is 0 Å². The van der Waals surface area contributed by atoms with E-state index in [1.54, 1.807) is 24.7 Å². The third kappa shape index (κ3) is 2.94. The van der Waals surface area contributed by atoms with Crippen molar-refractivity contribution in [1.82, 2.24) is 15.0 Å². The maximum absolute atomic E-state index is 11.2. The van der Waals surface area contributed by atoms with Crippen LogP contribution in [0.4, 0.5) is 5.69 Å². The van der Waals surface area contributed by atoms with E-state index in [0.717, 1.165) is 31.6 Å². The number of nitrogens with two attached hydrogens (primary N) is 1. The second-order valence-electron chi connectivity index (χ2n) is 5.51. The first-order valence-corrected chi connectivity index (χ1v) is 7.33. The lowest BCUT2D eigenvalue weighted by Crippen LogP contribution is -2.36. The number of carbonyl (C=O) groups excluding carboxylic acids is 1. The van der Waals surface area contributed by atoms with E-state index < -0.39 is 12.0 Å². The van der Waals surface area contributed by atoms with Crippen molar-refractivity contribution in [2.45, 2.75) is 18.9 Å². The van der Waals surface area contributed by atoms with Crippen molar-refractivity contribution in [1.29, 1.82) is 0 Å². The maximum Gasteiger partial charge on any atom is 0.267 e. The quantitative estimate of drug-likeness (QED) is 0.776. The van der Waals surface area contributed by atoms with E-state index in [1.807, 2.05) is 6.07 Å². The number of hydrogen-bond donors (Lipinski definition) is 3. The number of anilines is 1. The number of aliphatic hydroxyl groups is 1. The fourth-order valence-electron chi connectivity index (χ4n) is 2.89. The summed E-state index contributed by atoms with van der Waals surface area (Å²) in [6.45, 7) is 1.62. The van der Waals surface area contributed by atoms with Gasteiger partial charge in [-0.3, -0.25) is 9.78 Å². The minimum atomic E-state index is -0.559. The molecule has 1 atom stereocenters. The molecule has 2 aromatic rings. The number of hydrogen-bond acceptors (Lipinski definition) is 5. The minimum absolute atomic E-state index is 0.180. The Bertz CT molecular complexity index is 635. The third-order valence-electron chi connectivity index (χ3n) is 4.15. The average Bonchev–Trinajstić information content (AvgIpc) is 3.09. The van der Waals surface area contributed by atoms with E-state index in [9.17, 15) is 9.90 Å². The standard InChI is InChI=1S/C15H19N5O2/c16-14(22)12-9-11(1-4-17-12)20-7-2-10(3-8-20)13(21)15-18-5-6-19-15/h1,4-6,9-10,13,21H,2-3,7-8H2,(H2,16,22)(H,18,19). The lowest BCUT2D eigenvalue weighted by Gasteiger charge is -2.35. The van der Waals surface area contributed by atoms with E-state index >= 15 is 0 Å². The van der Waals surface area contributed by atoms with Crippen LogP contribution in [0.3, 0.4) is 0 Å². The van der Waals surface area contributed by atoms with E-state index in [0.29, 0.717) is 5.82 Å². The monoisotopic (exact) mass is 301 g/mol. The Kier molecular flexibility index (Phi) is 4.06. The van der Waals surface area contributed by atoms with Gasteiger partial charge in [0.1, 0.15) is 17.6 Å². The first-order chi connectivity index (χ1) is 10.6. The van der Waals surface area contributed by atoms with Gasteiger partial charge < -0.3 is 20.7 Å². The zero-order valence-electron chi connectivity index (χ0n) is 12.1. The Labute approximate surface area is 128 Å². The summed E-state index contributed by atoms with van der Waals surface area (Å²) in [6.07, 6.45) is 6.12. The van der Waals surface area contributed by atoms with Crippen LogP contribution in [0.1, 0.15) is 35.3 Å². The summed E-state index contributed by atoms with van der Waals surface area (Å²) >= 11 is 0. The molecule has 0 saturated carbocycles. The summed E-state index contributed by atoms with van der Waals surface area (Å²) in [5.41, 5.74) is 6.48. The van der Waals surface area contributed by atoms with Crippen LogP contribution < -0.4 is 10.6 Å². The van der Waals surface area contributed by atoms with Gasteiger partial charge in [0.25, 0.3) is 5.91 Å². The van der Waals surface area contributed by atoms with Gasteiger partial charge in [0.15, 0.2) is 0 Å². The number of rotatable bonds is 4. The molecule has 0 aromatic carbocycles. The zero-order valence-corrected chi connectivity index (χ0v) is 12.1. The Balaban J connectivity index is 1.64. The molecule has 7 nitrogen and oxygen atoms in total. The van der Waals surface area contributed by atoms with Gasteiger partial charge in [-0.2, -0.15) is 0 Å². The summed E-state index contributed by atoms with van der Waals surface area (Å²) in [5.74, 6) is 0.281. The molecule has 1 aliphatic heterocycles. The fraction of sp³-hybridized carbons (Fsp3) is 0.400. The first-order valence-electron chi connectivity index (χ1n) is 7.33.